The minimum atomic E-state index is -4.26. The maximum Gasteiger partial charge on any atom is 0.483 e. The Hall–Kier alpha value is -2.09. The molecule has 17 heavy (non-hydrogen) atoms. The molecule has 0 aromatic heterocycles. The molecule has 92 valence electrons. The highest BCUT2D eigenvalue weighted by Crippen LogP contribution is 2.23. The van der Waals surface area contributed by atoms with Crippen LogP contribution in [0.15, 0.2) is 18.2 Å². The summed E-state index contributed by atoms with van der Waals surface area (Å²) in [6, 6.07) is 2.28. The van der Waals surface area contributed by atoms with Gasteiger partial charge in [0.05, 0.1) is 0 Å². The number of carbonyl (C=O) groups excluding carboxylic acids is 2. The first-order valence-corrected chi connectivity index (χ1v) is 4.22. The number of nitrogens with one attached hydrogen (secondary N) is 1. The molecule has 1 aromatic rings. The highest BCUT2D eigenvalue weighted by molar-refractivity contribution is 5.81. The summed E-state index contributed by atoms with van der Waals surface area (Å²) in [6.07, 6.45) is -4.01. The molecule has 0 aliphatic heterocycles. The number of hydrazine groups is 1. The standard InChI is InChI=1S/C9H7F3N2O3/c10-6-1-5(4-15)2-7(3-6)17-9(11,12)8(16)14-13/h1-4H,13H2,(H,14,16). The van der Waals surface area contributed by atoms with Crippen LogP contribution < -0.4 is 16.0 Å². The highest BCUT2D eigenvalue weighted by atomic mass is 19.3. The first-order chi connectivity index (χ1) is 7.89. The van der Waals surface area contributed by atoms with Gasteiger partial charge in [0.2, 0.25) is 0 Å². The summed E-state index contributed by atoms with van der Waals surface area (Å²) >= 11 is 0. The van der Waals surface area contributed by atoms with Gasteiger partial charge in [-0.25, -0.2) is 10.2 Å². The van der Waals surface area contributed by atoms with Crippen molar-refractivity contribution < 1.29 is 27.5 Å². The van der Waals surface area contributed by atoms with Crippen molar-refractivity contribution in [2.75, 3.05) is 0 Å². The largest absolute Gasteiger partial charge is 0.483 e. The lowest BCUT2D eigenvalue weighted by Gasteiger charge is -2.15. The number of halogens is 3. The van der Waals surface area contributed by atoms with Crippen LogP contribution in [0.1, 0.15) is 10.4 Å². The van der Waals surface area contributed by atoms with Crippen molar-refractivity contribution in [1.29, 1.82) is 0 Å². The van der Waals surface area contributed by atoms with Gasteiger partial charge in [0.1, 0.15) is 17.9 Å². The van der Waals surface area contributed by atoms with Gasteiger partial charge in [-0.1, -0.05) is 0 Å². The van der Waals surface area contributed by atoms with E-state index in [1.165, 1.54) is 5.43 Å². The van der Waals surface area contributed by atoms with Crippen molar-refractivity contribution in [1.82, 2.24) is 5.43 Å². The average molecular weight is 248 g/mol. The van der Waals surface area contributed by atoms with Crippen LogP contribution in [0.3, 0.4) is 0 Å². The fourth-order valence-electron chi connectivity index (χ4n) is 0.990. The minimum absolute atomic E-state index is 0.205. The second kappa shape index (κ2) is 4.83. The van der Waals surface area contributed by atoms with E-state index in [2.05, 4.69) is 10.6 Å². The molecule has 0 bridgehead atoms. The Morgan fingerprint density at radius 1 is 1.41 bits per heavy atom. The van der Waals surface area contributed by atoms with Crippen molar-refractivity contribution in [3.63, 3.8) is 0 Å². The van der Waals surface area contributed by atoms with Crippen LogP contribution >= 0.6 is 0 Å². The molecule has 0 atom stereocenters. The van der Waals surface area contributed by atoms with Crippen LogP contribution in [0.5, 0.6) is 5.75 Å². The van der Waals surface area contributed by atoms with Crippen LogP contribution in [0.25, 0.3) is 0 Å². The normalized spacial score (nSPS) is 10.8. The zero-order valence-corrected chi connectivity index (χ0v) is 8.25. The smallest absolute Gasteiger partial charge is 0.425 e. The predicted molar refractivity (Wildman–Crippen MR) is 49.7 cm³/mol. The summed E-state index contributed by atoms with van der Waals surface area (Å²) in [6.45, 7) is 0. The monoisotopic (exact) mass is 248 g/mol. The Kier molecular flexibility index (Phi) is 3.69. The molecule has 0 radical (unpaired) electrons. The third kappa shape index (κ3) is 3.18. The summed E-state index contributed by atoms with van der Waals surface area (Å²) in [4.78, 5) is 21.0. The van der Waals surface area contributed by atoms with Gasteiger partial charge in [0.25, 0.3) is 0 Å². The third-order valence-electron chi connectivity index (χ3n) is 1.67. The highest BCUT2D eigenvalue weighted by Gasteiger charge is 2.41. The SMILES string of the molecule is NNC(=O)C(F)(F)Oc1cc(F)cc(C=O)c1. The van der Waals surface area contributed by atoms with Crippen LogP contribution in [0, 0.1) is 5.82 Å². The Morgan fingerprint density at radius 2 is 2.06 bits per heavy atom. The number of benzene rings is 1. The summed E-state index contributed by atoms with van der Waals surface area (Å²) in [7, 11) is 0. The quantitative estimate of drug-likeness (QED) is 0.354. The maximum atomic E-state index is 12.9. The molecule has 1 rings (SSSR count). The maximum absolute atomic E-state index is 12.9. The molecule has 1 aromatic carbocycles. The van der Waals surface area contributed by atoms with Crippen molar-refractivity contribution in [2.24, 2.45) is 5.84 Å². The van der Waals surface area contributed by atoms with Crippen LogP contribution in [-0.4, -0.2) is 18.3 Å². The topological polar surface area (TPSA) is 81.4 Å². The number of alkyl halides is 2. The van der Waals surface area contributed by atoms with E-state index in [-0.39, 0.29) is 11.8 Å². The van der Waals surface area contributed by atoms with Gasteiger partial charge < -0.3 is 4.74 Å². The minimum Gasteiger partial charge on any atom is -0.425 e. The predicted octanol–water partition coefficient (Wildman–Crippen LogP) is 0.600. The molecule has 0 heterocycles. The van der Waals surface area contributed by atoms with Crippen molar-refractivity contribution >= 4 is 12.2 Å². The molecule has 0 fully saturated rings. The van der Waals surface area contributed by atoms with E-state index in [4.69, 9.17) is 0 Å². The van der Waals surface area contributed by atoms with E-state index in [1.54, 1.807) is 0 Å². The molecule has 0 saturated carbocycles. The summed E-state index contributed by atoms with van der Waals surface area (Å²) in [5, 5.41) is 0. The van der Waals surface area contributed by atoms with E-state index in [0.29, 0.717) is 6.07 Å². The number of ether oxygens (including phenoxy) is 1. The van der Waals surface area contributed by atoms with Crippen molar-refractivity contribution in [3.05, 3.63) is 29.6 Å². The first-order valence-electron chi connectivity index (χ1n) is 4.22. The number of carbonyl (C=O) groups is 2. The molecular weight excluding hydrogens is 241 g/mol. The Morgan fingerprint density at radius 3 is 2.59 bits per heavy atom. The Balaban J connectivity index is 2.98. The van der Waals surface area contributed by atoms with E-state index >= 15 is 0 Å². The fraction of sp³-hybridized carbons (Fsp3) is 0.111. The molecule has 3 N–H and O–H groups in total. The number of hydrogen-bond acceptors (Lipinski definition) is 4. The van der Waals surface area contributed by atoms with E-state index in [0.717, 1.165) is 12.1 Å². The van der Waals surface area contributed by atoms with Gasteiger partial charge in [-0.3, -0.25) is 15.0 Å². The molecule has 8 heteroatoms. The lowest BCUT2D eigenvalue weighted by molar-refractivity contribution is -0.192. The summed E-state index contributed by atoms with van der Waals surface area (Å²) in [5.74, 6) is 0.998. The van der Waals surface area contributed by atoms with Gasteiger partial charge in [-0.15, -0.1) is 0 Å². The molecule has 0 unspecified atom stereocenters. The fourth-order valence-corrected chi connectivity index (χ4v) is 0.990. The van der Waals surface area contributed by atoms with Gasteiger partial charge in [0, 0.05) is 11.6 Å². The Bertz CT molecular complexity index is 451. The van der Waals surface area contributed by atoms with Gasteiger partial charge in [-0.2, -0.15) is 8.78 Å². The third-order valence-corrected chi connectivity index (χ3v) is 1.67. The van der Waals surface area contributed by atoms with Gasteiger partial charge >= 0.3 is 12.0 Å². The summed E-state index contributed by atoms with van der Waals surface area (Å²) in [5.41, 5.74) is 0.987. The lowest BCUT2D eigenvalue weighted by atomic mass is 10.2. The number of amides is 1. The van der Waals surface area contributed by atoms with E-state index in [1.807, 2.05) is 0 Å². The van der Waals surface area contributed by atoms with Crippen molar-refractivity contribution in [3.8, 4) is 5.75 Å². The number of rotatable bonds is 4. The molecule has 0 spiro atoms. The lowest BCUT2D eigenvalue weighted by Crippen LogP contribution is -2.47. The van der Waals surface area contributed by atoms with E-state index in [9.17, 15) is 22.8 Å². The van der Waals surface area contributed by atoms with Gasteiger partial charge in [-0.05, 0) is 12.1 Å². The molecule has 0 saturated heterocycles. The first kappa shape index (κ1) is 13.0. The van der Waals surface area contributed by atoms with Crippen LogP contribution in [0.2, 0.25) is 0 Å². The molecule has 0 aliphatic rings. The zero-order chi connectivity index (χ0) is 13.1. The van der Waals surface area contributed by atoms with E-state index < -0.39 is 23.6 Å². The summed E-state index contributed by atoms with van der Waals surface area (Å²) < 4.78 is 42.7. The number of nitrogens with two attached hydrogens (primary N) is 1. The second-order valence-electron chi connectivity index (χ2n) is 2.93. The zero-order valence-electron chi connectivity index (χ0n) is 8.25. The molecule has 5 nitrogen and oxygen atoms in total. The average Bonchev–Trinajstić information content (AvgIpc) is 2.26. The Labute approximate surface area is 93.3 Å². The van der Waals surface area contributed by atoms with Crippen LogP contribution in [0.4, 0.5) is 13.2 Å². The second-order valence-corrected chi connectivity index (χ2v) is 2.93. The molecular formula is C9H7F3N2O3. The molecule has 1 amide bonds. The van der Waals surface area contributed by atoms with Gasteiger partial charge in [0.15, 0.2) is 0 Å². The van der Waals surface area contributed by atoms with Crippen molar-refractivity contribution in [2.45, 2.75) is 6.11 Å². The number of hydrogen-bond donors (Lipinski definition) is 2. The molecule has 0 aliphatic carbocycles. The number of aldehydes is 1. The van der Waals surface area contributed by atoms with Crippen LogP contribution in [-0.2, 0) is 4.79 Å².